The van der Waals surface area contributed by atoms with E-state index in [0.717, 1.165) is 12.8 Å². The quantitative estimate of drug-likeness (QED) is 0.836. The lowest BCUT2D eigenvalue weighted by atomic mass is 10.0. The minimum absolute atomic E-state index is 0.0812. The number of rotatable bonds is 3. The van der Waals surface area contributed by atoms with Crippen LogP contribution in [0.25, 0.3) is 0 Å². The van der Waals surface area contributed by atoms with Crippen LogP contribution >= 0.6 is 0 Å². The van der Waals surface area contributed by atoms with E-state index in [1.54, 1.807) is 24.3 Å². The second kappa shape index (κ2) is 7.62. The van der Waals surface area contributed by atoms with Crippen LogP contribution < -0.4 is 10.6 Å². The van der Waals surface area contributed by atoms with Gasteiger partial charge in [0, 0.05) is 22.7 Å². The Morgan fingerprint density at radius 1 is 0.957 bits per heavy atom. The summed E-state index contributed by atoms with van der Waals surface area (Å²) in [6.07, 6.45) is 6.98. The first kappa shape index (κ1) is 17.5. The molecule has 4 nitrogen and oxygen atoms in total. The molecule has 2 N–H and O–H groups in total. The minimum Gasteiger partial charge on any atom is -0.349 e. The van der Waals surface area contributed by atoms with Crippen molar-refractivity contribution >= 4 is 11.8 Å². The molecule has 1 aliphatic carbocycles. The van der Waals surface area contributed by atoms with Gasteiger partial charge in [0.05, 0.1) is 0 Å². The molecule has 1 saturated carbocycles. The standard InChI is InChI=1S/C19H28N2O2/c1-19(2,3)21-18(23)15-10-8-9-14(13-15)17(22)20-16-11-6-4-5-7-12-16/h8-10,13,16H,4-7,11-12H2,1-3H3,(H,20,22)(H,21,23). The van der Waals surface area contributed by atoms with Crippen molar-refractivity contribution in [2.45, 2.75) is 70.9 Å². The Hall–Kier alpha value is -1.84. The van der Waals surface area contributed by atoms with Gasteiger partial charge in [-0.2, -0.15) is 0 Å². The van der Waals surface area contributed by atoms with Gasteiger partial charge in [-0.25, -0.2) is 0 Å². The van der Waals surface area contributed by atoms with Crippen LogP contribution in [0.15, 0.2) is 24.3 Å². The fourth-order valence-corrected chi connectivity index (χ4v) is 2.91. The van der Waals surface area contributed by atoms with Gasteiger partial charge in [0.2, 0.25) is 0 Å². The maximum Gasteiger partial charge on any atom is 0.251 e. The molecule has 1 aromatic carbocycles. The van der Waals surface area contributed by atoms with E-state index in [9.17, 15) is 9.59 Å². The molecule has 0 heterocycles. The van der Waals surface area contributed by atoms with Crippen molar-refractivity contribution in [1.82, 2.24) is 10.6 Å². The minimum atomic E-state index is -0.296. The smallest absolute Gasteiger partial charge is 0.251 e. The lowest BCUT2D eigenvalue weighted by molar-refractivity contribution is 0.0919. The van der Waals surface area contributed by atoms with Gasteiger partial charge < -0.3 is 10.6 Å². The van der Waals surface area contributed by atoms with Crippen LogP contribution in [0.4, 0.5) is 0 Å². The van der Waals surface area contributed by atoms with E-state index in [4.69, 9.17) is 0 Å². The molecule has 0 spiro atoms. The molecular weight excluding hydrogens is 288 g/mol. The lowest BCUT2D eigenvalue weighted by Gasteiger charge is -2.21. The molecule has 0 unspecified atom stereocenters. The number of hydrogen-bond donors (Lipinski definition) is 2. The Kier molecular flexibility index (Phi) is 5.80. The summed E-state index contributed by atoms with van der Waals surface area (Å²) in [5.41, 5.74) is 0.777. The summed E-state index contributed by atoms with van der Waals surface area (Å²) in [4.78, 5) is 24.7. The second-order valence-corrected chi connectivity index (χ2v) is 7.45. The van der Waals surface area contributed by atoms with Gasteiger partial charge in [-0.15, -0.1) is 0 Å². The van der Waals surface area contributed by atoms with Gasteiger partial charge in [-0.1, -0.05) is 31.7 Å². The highest BCUT2D eigenvalue weighted by Crippen LogP contribution is 2.18. The fourth-order valence-electron chi connectivity index (χ4n) is 2.91. The SMILES string of the molecule is CC(C)(C)NC(=O)c1cccc(C(=O)NC2CCCCCC2)c1. The Labute approximate surface area is 139 Å². The van der Waals surface area contributed by atoms with Gasteiger partial charge in [0.1, 0.15) is 0 Å². The Morgan fingerprint density at radius 3 is 2.09 bits per heavy atom. The van der Waals surface area contributed by atoms with Crippen molar-refractivity contribution in [3.8, 4) is 0 Å². The normalized spacial score (nSPS) is 16.5. The number of hydrogen-bond acceptors (Lipinski definition) is 2. The molecule has 1 aromatic rings. The molecule has 1 aliphatic rings. The van der Waals surface area contributed by atoms with Crippen LogP contribution in [0.3, 0.4) is 0 Å². The zero-order valence-corrected chi connectivity index (χ0v) is 14.4. The zero-order chi connectivity index (χ0) is 16.9. The molecule has 2 amide bonds. The van der Waals surface area contributed by atoms with E-state index in [2.05, 4.69) is 10.6 Å². The van der Waals surface area contributed by atoms with Crippen molar-refractivity contribution in [2.75, 3.05) is 0 Å². The summed E-state index contributed by atoms with van der Waals surface area (Å²) in [5, 5.41) is 6.04. The molecule has 2 rings (SSSR count). The first-order valence-corrected chi connectivity index (χ1v) is 8.58. The second-order valence-electron chi connectivity index (χ2n) is 7.45. The highest BCUT2D eigenvalue weighted by Gasteiger charge is 2.18. The fraction of sp³-hybridized carbons (Fsp3) is 0.579. The highest BCUT2D eigenvalue weighted by atomic mass is 16.2. The Morgan fingerprint density at radius 2 is 1.52 bits per heavy atom. The van der Waals surface area contributed by atoms with Crippen molar-refractivity contribution < 1.29 is 9.59 Å². The van der Waals surface area contributed by atoms with Crippen molar-refractivity contribution in [1.29, 1.82) is 0 Å². The van der Waals surface area contributed by atoms with Crippen LogP contribution in [0, 0.1) is 0 Å². The molecule has 126 valence electrons. The molecule has 4 heteroatoms. The van der Waals surface area contributed by atoms with E-state index in [1.165, 1.54) is 25.7 Å². The molecule has 0 radical (unpaired) electrons. The molecule has 23 heavy (non-hydrogen) atoms. The number of benzene rings is 1. The average Bonchev–Trinajstić information content (AvgIpc) is 2.74. The molecular formula is C19H28N2O2. The number of carbonyl (C=O) groups is 2. The molecule has 0 atom stereocenters. The lowest BCUT2D eigenvalue weighted by Crippen LogP contribution is -2.40. The van der Waals surface area contributed by atoms with Crippen LogP contribution in [-0.4, -0.2) is 23.4 Å². The number of amides is 2. The van der Waals surface area contributed by atoms with Crippen LogP contribution in [0.2, 0.25) is 0 Å². The van der Waals surface area contributed by atoms with Crippen LogP contribution in [0.5, 0.6) is 0 Å². The van der Waals surface area contributed by atoms with E-state index < -0.39 is 0 Å². The Bertz CT molecular complexity index is 553. The van der Waals surface area contributed by atoms with Gasteiger partial charge >= 0.3 is 0 Å². The van der Waals surface area contributed by atoms with Gasteiger partial charge in [0.15, 0.2) is 0 Å². The largest absolute Gasteiger partial charge is 0.349 e. The average molecular weight is 316 g/mol. The summed E-state index contributed by atoms with van der Waals surface area (Å²) in [7, 11) is 0. The van der Waals surface area contributed by atoms with E-state index >= 15 is 0 Å². The van der Waals surface area contributed by atoms with Crippen molar-refractivity contribution in [3.05, 3.63) is 35.4 Å². The summed E-state index contributed by atoms with van der Waals surface area (Å²) in [5.74, 6) is -0.232. The predicted molar refractivity (Wildman–Crippen MR) is 92.6 cm³/mol. The first-order valence-electron chi connectivity index (χ1n) is 8.58. The molecule has 0 saturated heterocycles. The predicted octanol–water partition coefficient (Wildman–Crippen LogP) is 3.67. The van der Waals surface area contributed by atoms with Gasteiger partial charge in [-0.3, -0.25) is 9.59 Å². The van der Waals surface area contributed by atoms with E-state index in [-0.39, 0.29) is 23.4 Å². The Balaban J connectivity index is 2.03. The topological polar surface area (TPSA) is 58.2 Å². The monoisotopic (exact) mass is 316 g/mol. The van der Waals surface area contributed by atoms with Crippen molar-refractivity contribution in [3.63, 3.8) is 0 Å². The first-order chi connectivity index (χ1) is 10.8. The summed E-state index contributed by atoms with van der Waals surface area (Å²) < 4.78 is 0. The molecule has 0 aliphatic heterocycles. The third kappa shape index (κ3) is 5.70. The maximum atomic E-state index is 12.4. The maximum absolute atomic E-state index is 12.4. The van der Waals surface area contributed by atoms with Crippen molar-refractivity contribution in [2.24, 2.45) is 0 Å². The highest BCUT2D eigenvalue weighted by molar-refractivity contribution is 5.99. The van der Waals surface area contributed by atoms with E-state index in [0.29, 0.717) is 11.1 Å². The van der Waals surface area contributed by atoms with Crippen LogP contribution in [-0.2, 0) is 0 Å². The third-order valence-electron chi connectivity index (χ3n) is 4.07. The molecule has 1 fully saturated rings. The van der Waals surface area contributed by atoms with Crippen LogP contribution in [0.1, 0.15) is 80.0 Å². The third-order valence-corrected chi connectivity index (χ3v) is 4.07. The number of nitrogens with one attached hydrogen (secondary N) is 2. The summed E-state index contributed by atoms with van der Waals surface area (Å²) in [6.45, 7) is 5.81. The number of carbonyl (C=O) groups excluding carboxylic acids is 2. The van der Waals surface area contributed by atoms with Gasteiger partial charge in [0.25, 0.3) is 11.8 Å². The summed E-state index contributed by atoms with van der Waals surface area (Å²) >= 11 is 0. The molecule has 0 aromatic heterocycles. The summed E-state index contributed by atoms with van der Waals surface area (Å²) in [6, 6.07) is 7.20. The molecule has 0 bridgehead atoms. The van der Waals surface area contributed by atoms with E-state index in [1.807, 2.05) is 20.8 Å². The zero-order valence-electron chi connectivity index (χ0n) is 14.4. The van der Waals surface area contributed by atoms with Gasteiger partial charge in [-0.05, 0) is 51.8 Å².